The van der Waals surface area contributed by atoms with Crippen molar-refractivity contribution in [2.75, 3.05) is 13.4 Å². The third kappa shape index (κ3) is 2.91. The fourth-order valence-electron chi connectivity index (χ4n) is 1.80. The average molecular weight is 291 g/mol. The van der Waals surface area contributed by atoms with Gasteiger partial charge >= 0.3 is 5.97 Å². The SMILES string of the molecule is CCOC(=O)c1cc(COc2ccc3c(c2)OCO3)on1. The van der Waals surface area contributed by atoms with Crippen LogP contribution in [0.4, 0.5) is 0 Å². The normalized spacial score (nSPS) is 12.2. The van der Waals surface area contributed by atoms with Gasteiger partial charge in [0.25, 0.3) is 0 Å². The van der Waals surface area contributed by atoms with Crippen molar-refractivity contribution in [3.05, 3.63) is 35.7 Å². The van der Waals surface area contributed by atoms with E-state index >= 15 is 0 Å². The zero-order valence-corrected chi connectivity index (χ0v) is 11.3. The van der Waals surface area contributed by atoms with E-state index in [-0.39, 0.29) is 25.7 Å². The summed E-state index contributed by atoms with van der Waals surface area (Å²) in [7, 11) is 0. The molecular weight excluding hydrogens is 278 g/mol. The van der Waals surface area contributed by atoms with Gasteiger partial charge in [0.1, 0.15) is 12.4 Å². The summed E-state index contributed by atoms with van der Waals surface area (Å²) in [6, 6.07) is 6.74. The number of nitrogens with zero attached hydrogens (tertiary/aromatic N) is 1. The zero-order valence-electron chi connectivity index (χ0n) is 11.3. The molecule has 0 saturated heterocycles. The first-order valence-corrected chi connectivity index (χ1v) is 6.41. The van der Waals surface area contributed by atoms with Gasteiger partial charge in [0, 0.05) is 12.1 Å². The summed E-state index contributed by atoms with van der Waals surface area (Å²) in [6.07, 6.45) is 0. The second-order valence-corrected chi connectivity index (χ2v) is 4.20. The Hall–Kier alpha value is -2.70. The van der Waals surface area contributed by atoms with E-state index in [0.29, 0.717) is 23.0 Å². The van der Waals surface area contributed by atoms with E-state index in [1.54, 1.807) is 25.1 Å². The molecule has 0 spiro atoms. The number of carbonyl (C=O) groups excluding carboxylic acids is 1. The molecule has 0 bridgehead atoms. The lowest BCUT2D eigenvalue weighted by molar-refractivity contribution is 0.0514. The Bertz CT molecular complexity index is 651. The Kier molecular flexibility index (Phi) is 3.63. The predicted octanol–water partition coefficient (Wildman–Crippen LogP) is 2.16. The quantitative estimate of drug-likeness (QED) is 0.781. The maximum atomic E-state index is 11.4. The molecular formula is C14H13NO6. The Morgan fingerprint density at radius 3 is 3.00 bits per heavy atom. The summed E-state index contributed by atoms with van der Waals surface area (Å²) in [4.78, 5) is 11.4. The van der Waals surface area contributed by atoms with Crippen LogP contribution in [0, 0.1) is 0 Å². The smallest absolute Gasteiger partial charge is 0.360 e. The number of esters is 1. The maximum absolute atomic E-state index is 11.4. The molecule has 0 radical (unpaired) electrons. The summed E-state index contributed by atoms with van der Waals surface area (Å²) in [5.41, 5.74) is 0.126. The molecule has 0 fully saturated rings. The van der Waals surface area contributed by atoms with Crippen LogP contribution < -0.4 is 14.2 Å². The molecule has 0 atom stereocenters. The van der Waals surface area contributed by atoms with E-state index in [1.807, 2.05) is 0 Å². The van der Waals surface area contributed by atoms with Crippen molar-refractivity contribution in [1.29, 1.82) is 0 Å². The number of carbonyl (C=O) groups is 1. The van der Waals surface area contributed by atoms with Gasteiger partial charge < -0.3 is 23.5 Å². The predicted molar refractivity (Wildman–Crippen MR) is 69.4 cm³/mol. The van der Waals surface area contributed by atoms with E-state index < -0.39 is 5.97 Å². The molecule has 3 rings (SSSR count). The van der Waals surface area contributed by atoms with Crippen molar-refractivity contribution in [2.24, 2.45) is 0 Å². The molecule has 2 aromatic rings. The minimum atomic E-state index is -0.518. The minimum absolute atomic E-state index is 0.126. The molecule has 7 heteroatoms. The van der Waals surface area contributed by atoms with Crippen molar-refractivity contribution < 1.29 is 28.3 Å². The second-order valence-electron chi connectivity index (χ2n) is 4.20. The van der Waals surface area contributed by atoms with Crippen molar-refractivity contribution in [1.82, 2.24) is 5.16 Å². The Labute approximate surface area is 120 Å². The standard InChI is InChI=1S/C14H13NO6/c1-2-17-14(16)11-5-10(21-15-11)7-18-9-3-4-12-13(6-9)20-8-19-12/h3-6H,2,7-8H2,1H3. The highest BCUT2D eigenvalue weighted by atomic mass is 16.7. The molecule has 1 aromatic heterocycles. The van der Waals surface area contributed by atoms with Gasteiger partial charge in [0.2, 0.25) is 6.79 Å². The Morgan fingerprint density at radius 1 is 1.29 bits per heavy atom. The van der Waals surface area contributed by atoms with Gasteiger partial charge in [-0.05, 0) is 19.1 Å². The molecule has 1 aromatic carbocycles. The Morgan fingerprint density at radius 2 is 2.14 bits per heavy atom. The van der Waals surface area contributed by atoms with Gasteiger partial charge in [-0.25, -0.2) is 4.79 Å². The summed E-state index contributed by atoms with van der Waals surface area (Å²) in [5.74, 6) is 1.84. The lowest BCUT2D eigenvalue weighted by atomic mass is 10.3. The largest absolute Gasteiger partial charge is 0.485 e. The summed E-state index contributed by atoms with van der Waals surface area (Å²) in [5, 5.41) is 3.63. The topological polar surface area (TPSA) is 80.0 Å². The van der Waals surface area contributed by atoms with Gasteiger partial charge in [-0.2, -0.15) is 0 Å². The molecule has 0 saturated carbocycles. The molecule has 7 nitrogen and oxygen atoms in total. The van der Waals surface area contributed by atoms with Gasteiger partial charge in [0.15, 0.2) is 23.0 Å². The van der Waals surface area contributed by atoms with Gasteiger partial charge in [-0.15, -0.1) is 0 Å². The van der Waals surface area contributed by atoms with E-state index in [0.717, 1.165) is 0 Å². The maximum Gasteiger partial charge on any atom is 0.360 e. The summed E-state index contributed by atoms with van der Waals surface area (Å²) in [6.45, 7) is 2.37. The molecule has 21 heavy (non-hydrogen) atoms. The fraction of sp³-hybridized carbons (Fsp3) is 0.286. The van der Waals surface area contributed by atoms with Crippen LogP contribution in [0.3, 0.4) is 0 Å². The molecule has 0 amide bonds. The number of hydrogen-bond donors (Lipinski definition) is 0. The highest BCUT2D eigenvalue weighted by Crippen LogP contribution is 2.35. The molecule has 0 N–H and O–H groups in total. The van der Waals surface area contributed by atoms with E-state index in [9.17, 15) is 4.79 Å². The lowest BCUT2D eigenvalue weighted by Crippen LogP contribution is -2.04. The average Bonchev–Trinajstić information content (AvgIpc) is 3.14. The van der Waals surface area contributed by atoms with Crippen LogP contribution in [0.5, 0.6) is 17.2 Å². The highest BCUT2D eigenvalue weighted by molar-refractivity contribution is 5.87. The first-order chi connectivity index (χ1) is 10.3. The highest BCUT2D eigenvalue weighted by Gasteiger charge is 2.16. The number of aromatic nitrogens is 1. The van der Waals surface area contributed by atoms with Crippen molar-refractivity contribution in [3.63, 3.8) is 0 Å². The van der Waals surface area contributed by atoms with Crippen LogP contribution in [0.25, 0.3) is 0 Å². The summed E-state index contributed by atoms with van der Waals surface area (Å²) < 4.78 is 25.9. The number of rotatable bonds is 5. The third-order valence-electron chi connectivity index (χ3n) is 2.77. The summed E-state index contributed by atoms with van der Waals surface area (Å²) >= 11 is 0. The molecule has 0 aliphatic carbocycles. The van der Waals surface area contributed by atoms with Crippen LogP contribution in [-0.4, -0.2) is 24.5 Å². The van der Waals surface area contributed by atoms with Gasteiger partial charge in [-0.1, -0.05) is 5.16 Å². The monoisotopic (exact) mass is 291 g/mol. The van der Waals surface area contributed by atoms with Gasteiger partial charge in [0.05, 0.1) is 6.61 Å². The zero-order chi connectivity index (χ0) is 14.7. The second kappa shape index (κ2) is 5.74. The third-order valence-corrected chi connectivity index (χ3v) is 2.77. The minimum Gasteiger partial charge on any atom is -0.485 e. The fourth-order valence-corrected chi connectivity index (χ4v) is 1.80. The number of fused-ring (bicyclic) bond motifs is 1. The first-order valence-electron chi connectivity index (χ1n) is 6.41. The lowest BCUT2D eigenvalue weighted by Gasteiger charge is -2.04. The van der Waals surface area contributed by atoms with E-state index in [2.05, 4.69) is 5.16 Å². The van der Waals surface area contributed by atoms with Crippen LogP contribution in [0.1, 0.15) is 23.2 Å². The number of benzene rings is 1. The molecule has 1 aliphatic rings. The van der Waals surface area contributed by atoms with Crippen molar-refractivity contribution in [2.45, 2.75) is 13.5 Å². The molecule has 110 valence electrons. The van der Waals surface area contributed by atoms with E-state index in [4.69, 9.17) is 23.5 Å². The first kappa shape index (κ1) is 13.3. The number of hydrogen-bond acceptors (Lipinski definition) is 7. The van der Waals surface area contributed by atoms with Crippen LogP contribution >= 0.6 is 0 Å². The molecule has 1 aliphatic heterocycles. The van der Waals surface area contributed by atoms with E-state index in [1.165, 1.54) is 6.07 Å². The van der Waals surface area contributed by atoms with Crippen LogP contribution in [0.2, 0.25) is 0 Å². The molecule has 2 heterocycles. The van der Waals surface area contributed by atoms with Crippen LogP contribution in [-0.2, 0) is 11.3 Å². The van der Waals surface area contributed by atoms with Crippen LogP contribution in [0.15, 0.2) is 28.8 Å². The number of ether oxygens (including phenoxy) is 4. The molecule has 0 unspecified atom stereocenters. The van der Waals surface area contributed by atoms with Crippen molar-refractivity contribution in [3.8, 4) is 17.2 Å². The van der Waals surface area contributed by atoms with Crippen molar-refractivity contribution >= 4 is 5.97 Å². The van der Waals surface area contributed by atoms with Gasteiger partial charge in [-0.3, -0.25) is 0 Å². The Balaban J connectivity index is 1.61.